The van der Waals surface area contributed by atoms with Crippen LogP contribution in [0.2, 0.25) is 0 Å². The van der Waals surface area contributed by atoms with Gasteiger partial charge in [0.05, 0.1) is 30.9 Å². The predicted molar refractivity (Wildman–Crippen MR) is 132 cm³/mol. The molecule has 182 valence electrons. The Morgan fingerprint density at radius 1 is 1.06 bits per heavy atom. The predicted octanol–water partition coefficient (Wildman–Crippen LogP) is 3.71. The summed E-state index contributed by atoms with van der Waals surface area (Å²) in [6, 6.07) is 4.64. The molecule has 0 N–H and O–H groups in total. The molecule has 9 heteroatoms. The maximum Gasteiger partial charge on any atom is 0.500 e. The molecule has 4 rings (SSSR count). The zero-order valence-corrected chi connectivity index (χ0v) is 21.2. The van der Waals surface area contributed by atoms with Crippen molar-refractivity contribution in [1.82, 2.24) is 4.98 Å². The number of nitrogens with zero attached hydrogens (tertiary/aromatic N) is 3. The van der Waals surface area contributed by atoms with Crippen LogP contribution in [0.5, 0.6) is 0 Å². The average Bonchev–Trinajstić information content (AvgIpc) is 2.99. The van der Waals surface area contributed by atoms with Crippen molar-refractivity contribution in [2.75, 3.05) is 14.2 Å². The molecule has 0 bridgehead atoms. The molecule has 2 aliphatic heterocycles. The molecule has 2 aromatic rings. The monoisotopic (exact) mass is 469 g/mol. The molecule has 1 fully saturated rings. The lowest BCUT2D eigenvalue weighted by Crippen LogP contribution is -2.41. The first-order chi connectivity index (χ1) is 16.0. The van der Waals surface area contributed by atoms with Crippen molar-refractivity contribution in [1.29, 1.82) is 0 Å². The van der Waals surface area contributed by atoms with Crippen molar-refractivity contribution < 1.29 is 23.2 Å². The second-order valence-corrected chi connectivity index (χ2v) is 10.2. The average molecular weight is 469 g/mol. The van der Waals surface area contributed by atoms with E-state index in [1.807, 2.05) is 39.8 Å². The highest BCUT2D eigenvalue weighted by Crippen LogP contribution is 2.37. The van der Waals surface area contributed by atoms with Gasteiger partial charge < -0.3 is 18.8 Å². The van der Waals surface area contributed by atoms with Crippen LogP contribution < -0.4 is 5.46 Å². The van der Waals surface area contributed by atoms with Gasteiger partial charge in [-0.25, -0.2) is 14.4 Å². The number of aromatic nitrogens is 1. The van der Waals surface area contributed by atoms with E-state index in [1.54, 1.807) is 20.4 Å². The number of hydrogen-bond donors (Lipinski definition) is 0. The highest BCUT2D eigenvalue weighted by molar-refractivity contribution is 6.65. The standard InChI is InChI=1S/C25H33BFN3O4/c1-14(2)20-23(32-8)29-18(22(30-20)31-7)13-15-12-17(27)19(21-16(15)10-9-11-28-21)26-33-24(3,4)25(5,6)34-26/h9-12,14,18,20H,13H2,1-8H3/t18-,20+/m0/s1. The van der Waals surface area contributed by atoms with Crippen molar-refractivity contribution in [3.8, 4) is 0 Å². The lowest BCUT2D eigenvalue weighted by atomic mass is 9.76. The summed E-state index contributed by atoms with van der Waals surface area (Å²) in [5.74, 6) is 0.832. The van der Waals surface area contributed by atoms with Gasteiger partial charge in [-0.15, -0.1) is 0 Å². The molecule has 1 saturated heterocycles. The summed E-state index contributed by atoms with van der Waals surface area (Å²) in [4.78, 5) is 14.0. The van der Waals surface area contributed by atoms with Crippen LogP contribution in [0.25, 0.3) is 10.9 Å². The second-order valence-electron chi connectivity index (χ2n) is 10.2. The Labute approximate surface area is 200 Å². The minimum absolute atomic E-state index is 0.200. The van der Waals surface area contributed by atoms with Gasteiger partial charge in [0.2, 0.25) is 11.8 Å². The Balaban J connectivity index is 1.76. The number of hydrogen-bond acceptors (Lipinski definition) is 7. The fraction of sp³-hybridized carbons (Fsp3) is 0.560. The van der Waals surface area contributed by atoms with Crippen LogP contribution in [0.3, 0.4) is 0 Å². The molecular formula is C25H33BFN3O4. The van der Waals surface area contributed by atoms with Gasteiger partial charge in [-0.1, -0.05) is 19.9 Å². The summed E-state index contributed by atoms with van der Waals surface area (Å²) in [5, 5.41) is 0.809. The van der Waals surface area contributed by atoms with Gasteiger partial charge >= 0.3 is 7.12 Å². The third-order valence-electron chi connectivity index (χ3n) is 7.01. The van der Waals surface area contributed by atoms with Crippen LogP contribution in [0.1, 0.15) is 47.1 Å². The van der Waals surface area contributed by atoms with Crippen molar-refractivity contribution in [2.45, 2.75) is 71.2 Å². The van der Waals surface area contributed by atoms with Crippen LogP contribution in [0.15, 0.2) is 34.4 Å². The second kappa shape index (κ2) is 8.93. The highest BCUT2D eigenvalue weighted by atomic mass is 19.1. The molecule has 0 saturated carbocycles. The molecule has 1 aromatic carbocycles. The minimum Gasteiger partial charge on any atom is -0.483 e. The summed E-state index contributed by atoms with van der Waals surface area (Å²) in [5.41, 5.74) is 0.391. The van der Waals surface area contributed by atoms with Gasteiger partial charge in [0, 0.05) is 23.5 Å². The first-order valence-corrected chi connectivity index (χ1v) is 11.6. The Morgan fingerprint density at radius 2 is 1.71 bits per heavy atom. The van der Waals surface area contributed by atoms with Crippen LogP contribution in [-0.4, -0.2) is 61.4 Å². The smallest absolute Gasteiger partial charge is 0.483 e. The quantitative estimate of drug-likeness (QED) is 0.639. The summed E-state index contributed by atoms with van der Waals surface area (Å²) in [7, 11) is 2.32. The first-order valence-electron chi connectivity index (χ1n) is 11.6. The minimum atomic E-state index is -0.854. The van der Waals surface area contributed by atoms with Crippen LogP contribution >= 0.6 is 0 Å². The fourth-order valence-electron chi connectivity index (χ4n) is 4.36. The van der Waals surface area contributed by atoms with Gasteiger partial charge in [-0.05, 0) is 51.3 Å². The van der Waals surface area contributed by atoms with Gasteiger partial charge in [0.1, 0.15) is 17.9 Å². The van der Waals surface area contributed by atoms with E-state index in [0.29, 0.717) is 29.2 Å². The Morgan fingerprint density at radius 3 is 2.29 bits per heavy atom. The Bertz CT molecular complexity index is 1130. The van der Waals surface area contributed by atoms with Gasteiger partial charge in [-0.2, -0.15) is 0 Å². The van der Waals surface area contributed by atoms with E-state index in [9.17, 15) is 0 Å². The molecule has 0 amide bonds. The summed E-state index contributed by atoms with van der Waals surface area (Å²) in [6.07, 6.45) is 2.03. The molecule has 0 radical (unpaired) electrons. The number of aliphatic imine (C=N–C) groups is 2. The normalized spacial score (nSPS) is 23.8. The van der Waals surface area contributed by atoms with Crippen molar-refractivity contribution in [3.63, 3.8) is 0 Å². The van der Waals surface area contributed by atoms with Crippen molar-refractivity contribution >= 4 is 35.3 Å². The lowest BCUT2D eigenvalue weighted by Gasteiger charge is -2.32. The maximum absolute atomic E-state index is 15.7. The molecule has 2 atom stereocenters. The number of benzene rings is 1. The van der Waals surface area contributed by atoms with Crippen molar-refractivity contribution in [3.05, 3.63) is 35.8 Å². The van der Waals surface area contributed by atoms with Gasteiger partial charge in [0.25, 0.3) is 0 Å². The third-order valence-corrected chi connectivity index (χ3v) is 7.01. The third kappa shape index (κ3) is 4.20. The number of halogens is 1. The topological polar surface area (TPSA) is 74.5 Å². The SMILES string of the molecule is COC1=N[C@H](C(C)C)C(OC)=N[C@H]1Cc1cc(F)c(B2OC(C)(C)C(C)(C)O2)c2ncccc12. The molecule has 3 heterocycles. The van der Waals surface area contributed by atoms with E-state index >= 15 is 4.39 Å². The number of pyridine rings is 1. The molecule has 0 unspecified atom stereocenters. The number of methoxy groups -OCH3 is 2. The molecule has 1 aromatic heterocycles. The van der Waals surface area contributed by atoms with E-state index in [4.69, 9.17) is 28.8 Å². The molecule has 34 heavy (non-hydrogen) atoms. The van der Waals surface area contributed by atoms with E-state index in [0.717, 1.165) is 10.9 Å². The number of rotatable bonds is 4. The fourth-order valence-corrected chi connectivity index (χ4v) is 4.36. The zero-order chi connectivity index (χ0) is 24.8. The molecule has 7 nitrogen and oxygen atoms in total. The van der Waals surface area contributed by atoms with E-state index in [1.165, 1.54) is 6.07 Å². The van der Waals surface area contributed by atoms with Crippen LogP contribution in [0, 0.1) is 11.7 Å². The summed E-state index contributed by atoms with van der Waals surface area (Å²) < 4.78 is 39.1. The first kappa shape index (κ1) is 24.6. The largest absolute Gasteiger partial charge is 0.500 e. The van der Waals surface area contributed by atoms with Gasteiger partial charge in [-0.3, -0.25) is 4.98 Å². The van der Waals surface area contributed by atoms with E-state index < -0.39 is 30.2 Å². The van der Waals surface area contributed by atoms with Crippen molar-refractivity contribution in [2.24, 2.45) is 15.9 Å². The molecule has 0 spiro atoms. The molecule has 0 aliphatic carbocycles. The molecule has 2 aliphatic rings. The van der Waals surface area contributed by atoms with Crippen LogP contribution in [-0.2, 0) is 25.2 Å². The molecular weight excluding hydrogens is 436 g/mol. The van der Waals surface area contributed by atoms with Gasteiger partial charge in [0.15, 0.2) is 0 Å². The number of fused-ring (bicyclic) bond motifs is 1. The Hall–Kier alpha value is -2.52. The Kier molecular flexibility index (Phi) is 6.46. The summed E-state index contributed by atoms with van der Waals surface area (Å²) in [6.45, 7) is 11.9. The van der Waals surface area contributed by atoms with E-state index in [2.05, 4.69) is 18.8 Å². The summed E-state index contributed by atoms with van der Waals surface area (Å²) >= 11 is 0. The zero-order valence-electron chi connectivity index (χ0n) is 21.2. The number of ether oxygens (including phenoxy) is 2. The highest BCUT2D eigenvalue weighted by Gasteiger charge is 2.53. The lowest BCUT2D eigenvalue weighted by molar-refractivity contribution is 0.00578. The van der Waals surface area contributed by atoms with Crippen LogP contribution in [0.4, 0.5) is 4.39 Å². The maximum atomic E-state index is 15.7. The van der Waals surface area contributed by atoms with E-state index in [-0.39, 0.29) is 12.0 Å².